The van der Waals surface area contributed by atoms with Crippen LogP contribution < -0.4 is 19.6 Å². The van der Waals surface area contributed by atoms with E-state index in [1.807, 2.05) is 54.6 Å². The van der Waals surface area contributed by atoms with Gasteiger partial charge in [-0.3, -0.25) is 4.79 Å². The Bertz CT molecular complexity index is 1670. The van der Waals surface area contributed by atoms with Gasteiger partial charge in [0, 0.05) is 15.4 Å². The summed E-state index contributed by atoms with van der Waals surface area (Å²) in [7, 11) is 3.13. The van der Waals surface area contributed by atoms with Crippen LogP contribution in [0.2, 0.25) is 0 Å². The molecule has 4 aromatic carbocycles. The summed E-state index contributed by atoms with van der Waals surface area (Å²) >= 11 is 3.58. The lowest BCUT2D eigenvalue weighted by Gasteiger charge is -2.11. The lowest BCUT2D eigenvalue weighted by Crippen LogP contribution is -2.24. The van der Waals surface area contributed by atoms with E-state index in [-0.39, 0.29) is 12.5 Å². The second-order valence-electron chi connectivity index (χ2n) is 8.80. The highest BCUT2D eigenvalue weighted by Gasteiger charge is 2.11. The van der Waals surface area contributed by atoms with Gasteiger partial charge in [0.05, 0.1) is 31.6 Å². The smallest absolute Gasteiger partial charge is 0.277 e. The maximum absolute atomic E-state index is 12.2. The van der Waals surface area contributed by atoms with Crippen molar-refractivity contribution in [3.8, 4) is 39.6 Å². The van der Waals surface area contributed by atoms with Crippen molar-refractivity contribution in [2.45, 2.75) is 0 Å². The third-order valence-corrected chi connectivity index (χ3v) is 6.68. The van der Waals surface area contributed by atoms with E-state index >= 15 is 0 Å². The van der Waals surface area contributed by atoms with Gasteiger partial charge in [0.1, 0.15) is 5.75 Å². The van der Waals surface area contributed by atoms with E-state index in [1.54, 1.807) is 32.4 Å². The van der Waals surface area contributed by atoms with Crippen molar-refractivity contribution in [3.05, 3.63) is 107 Å². The maximum atomic E-state index is 12.2. The van der Waals surface area contributed by atoms with E-state index in [2.05, 4.69) is 50.7 Å². The highest BCUT2D eigenvalue weighted by molar-refractivity contribution is 9.10. The first kappa shape index (κ1) is 26.9. The summed E-state index contributed by atoms with van der Waals surface area (Å²) in [6.07, 6.45) is 1.52. The zero-order chi connectivity index (χ0) is 27.9. The van der Waals surface area contributed by atoms with Crippen molar-refractivity contribution >= 4 is 39.0 Å². The fourth-order valence-electron chi connectivity index (χ4n) is 4.22. The van der Waals surface area contributed by atoms with E-state index < -0.39 is 0 Å². The molecular formula is C32H26BrN3O4. The molecule has 1 aromatic heterocycles. The SMILES string of the molecule is COc1ccc(/C=N/NC(=O)COc2ccc(-c3cc(-c4ccccc4)c4cc(Br)ccc4n3)cc2)cc1OC. The van der Waals surface area contributed by atoms with Gasteiger partial charge in [0.15, 0.2) is 18.1 Å². The number of methoxy groups -OCH3 is 2. The molecule has 8 heteroatoms. The Morgan fingerprint density at radius 1 is 0.875 bits per heavy atom. The zero-order valence-electron chi connectivity index (χ0n) is 21.9. The van der Waals surface area contributed by atoms with E-state index in [0.717, 1.165) is 43.3 Å². The monoisotopic (exact) mass is 595 g/mol. The number of amides is 1. The van der Waals surface area contributed by atoms with Crippen LogP contribution in [-0.4, -0.2) is 37.9 Å². The Kier molecular flexibility index (Phi) is 8.37. The number of carbonyl (C=O) groups is 1. The van der Waals surface area contributed by atoms with Crippen LogP contribution in [0.25, 0.3) is 33.3 Å². The molecule has 40 heavy (non-hydrogen) atoms. The Morgan fingerprint density at radius 3 is 2.40 bits per heavy atom. The number of fused-ring (bicyclic) bond motifs is 1. The lowest BCUT2D eigenvalue weighted by atomic mass is 9.98. The first-order valence-corrected chi connectivity index (χ1v) is 13.3. The predicted octanol–water partition coefficient (Wildman–Crippen LogP) is 6.88. The second-order valence-corrected chi connectivity index (χ2v) is 9.72. The third kappa shape index (κ3) is 6.30. The average molecular weight is 596 g/mol. The number of halogens is 1. The number of rotatable bonds is 9. The summed E-state index contributed by atoms with van der Waals surface area (Å²) in [4.78, 5) is 17.1. The first-order valence-electron chi connectivity index (χ1n) is 12.5. The molecule has 0 aliphatic heterocycles. The summed E-state index contributed by atoms with van der Waals surface area (Å²) in [5.74, 6) is 1.38. The molecule has 0 unspecified atom stereocenters. The van der Waals surface area contributed by atoms with Crippen LogP contribution in [0, 0.1) is 0 Å². The first-order chi connectivity index (χ1) is 19.5. The molecule has 1 N–H and O–H groups in total. The largest absolute Gasteiger partial charge is 0.493 e. The summed E-state index contributed by atoms with van der Waals surface area (Å²) in [5.41, 5.74) is 8.14. The van der Waals surface area contributed by atoms with Crippen LogP contribution >= 0.6 is 15.9 Å². The molecule has 200 valence electrons. The molecule has 1 heterocycles. The Morgan fingerprint density at radius 2 is 1.65 bits per heavy atom. The number of hydrogen-bond donors (Lipinski definition) is 1. The molecule has 0 aliphatic rings. The van der Waals surface area contributed by atoms with Crippen LogP contribution in [0.5, 0.6) is 17.2 Å². The second kappa shape index (κ2) is 12.4. The van der Waals surface area contributed by atoms with Crippen molar-refractivity contribution < 1.29 is 19.0 Å². The summed E-state index contributed by atoms with van der Waals surface area (Å²) < 4.78 is 17.2. The number of pyridine rings is 1. The van der Waals surface area contributed by atoms with Crippen LogP contribution in [0.1, 0.15) is 5.56 Å². The Hall–Kier alpha value is -4.69. The summed E-state index contributed by atoms with van der Waals surface area (Å²) in [6, 6.07) is 31.3. The molecule has 1 amide bonds. The summed E-state index contributed by atoms with van der Waals surface area (Å²) in [6.45, 7) is -0.177. The minimum absolute atomic E-state index is 0.177. The van der Waals surface area contributed by atoms with Gasteiger partial charge in [0.25, 0.3) is 5.91 Å². The maximum Gasteiger partial charge on any atom is 0.277 e. The van der Waals surface area contributed by atoms with E-state index in [0.29, 0.717) is 17.2 Å². The molecular weight excluding hydrogens is 570 g/mol. The van der Waals surface area contributed by atoms with E-state index in [1.165, 1.54) is 6.21 Å². The molecule has 5 aromatic rings. The average Bonchev–Trinajstić information content (AvgIpc) is 3.00. The quantitative estimate of drug-likeness (QED) is 0.148. The fourth-order valence-corrected chi connectivity index (χ4v) is 4.58. The Balaban J connectivity index is 1.25. The minimum Gasteiger partial charge on any atom is -0.493 e. The molecule has 0 bridgehead atoms. The van der Waals surface area contributed by atoms with Gasteiger partial charge in [-0.1, -0.05) is 46.3 Å². The molecule has 5 rings (SSSR count). The normalized spacial score (nSPS) is 11.0. The van der Waals surface area contributed by atoms with Gasteiger partial charge in [-0.15, -0.1) is 0 Å². The molecule has 0 atom stereocenters. The molecule has 0 fully saturated rings. The number of hydrazone groups is 1. The molecule has 0 spiro atoms. The topological polar surface area (TPSA) is 82.0 Å². The van der Waals surface area contributed by atoms with E-state index in [9.17, 15) is 4.79 Å². The third-order valence-electron chi connectivity index (χ3n) is 6.19. The molecule has 0 saturated heterocycles. The van der Waals surface area contributed by atoms with Gasteiger partial charge in [-0.05, 0) is 83.4 Å². The highest BCUT2D eigenvalue weighted by atomic mass is 79.9. The van der Waals surface area contributed by atoms with Crippen molar-refractivity contribution in [3.63, 3.8) is 0 Å². The number of aromatic nitrogens is 1. The van der Waals surface area contributed by atoms with Crippen LogP contribution in [0.4, 0.5) is 0 Å². The summed E-state index contributed by atoms with van der Waals surface area (Å²) in [5, 5.41) is 5.06. The van der Waals surface area contributed by atoms with Crippen LogP contribution in [0.15, 0.2) is 107 Å². The van der Waals surface area contributed by atoms with Crippen molar-refractivity contribution in [2.75, 3.05) is 20.8 Å². The van der Waals surface area contributed by atoms with Crippen molar-refractivity contribution in [1.82, 2.24) is 10.4 Å². The zero-order valence-corrected chi connectivity index (χ0v) is 23.5. The van der Waals surface area contributed by atoms with Crippen molar-refractivity contribution in [2.24, 2.45) is 5.10 Å². The minimum atomic E-state index is -0.379. The number of nitrogens with one attached hydrogen (secondary N) is 1. The molecule has 7 nitrogen and oxygen atoms in total. The van der Waals surface area contributed by atoms with Gasteiger partial charge in [-0.25, -0.2) is 10.4 Å². The standard InChI is InChI=1S/C32H26BrN3O4/c1-38-30-15-8-21(16-31(30)39-2)19-34-36-32(37)20-40-25-12-9-23(10-13-25)29-18-26(22-6-4-3-5-7-22)27-17-24(33)11-14-28(27)35-29/h3-19H,20H2,1-2H3,(H,36,37)/b34-19+. The number of benzene rings is 4. The number of nitrogens with zero attached hydrogens (tertiary/aromatic N) is 2. The van der Waals surface area contributed by atoms with Gasteiger partial charge >= 0.3 is 0 Å². The number of ether oxygens (including phenoxy) is 3. The molecule has 0 aliphatic carbocycles. The van der Waals surface area contributed by atoms with Gasteiger partial charge < -0.3 is 14.2 Å². The lowest BCUT2D eigenvalue weighted by molar-refractivity contribution is -0.123. The molecule has 0 radical (unpaired) electrons. The fraction of sp³-hybridized carbons (Fsp3) is 0.0938. The molecule has 0 saturated carbocycles. The highest BCUT2D eigenvalue weighted by Crippen LogP contribution is 2.34. The van der Waals surface area contributed by atoms with E-state index in [4.69, 9.17) is 19.2 Å². The number of hydrogen-bond acceptors (Lipinski definition) is 6. The van der Waals surface area contributed by atoms with Gasteiger partial charge in [-0.2, -0.15) is 5.10 Å². The number of carbonyl (C=O) groups excluding carboxylic acids is 1. The Labute approximate surface area is 240 Å². The van der Waals surface area contributed by atoms with Crippen LogP contribution in [0.3, 0.4) is 0 Å². The van der Waals surface area contributed by atoms with Crippen LogP contribution in [-0.2, 0) is 4.79 Å². The van der Waals surface area contributed by atoms with Gasteiger partial charge in [0.2, 0.25) is 0 Å². The van der Waals surface area contributed by atoms with Crippen molar-refractivity contribution in [1.29, 1.82) is 0 Å². The predicted molar refractivity (Wildman–Crippen MR) is 161 cm³/mol.